The molecule has 1 heteroatoms. The van der Waals surface area contributed by atoms with Crippen LogP contribution < -0.4 is 5.32 Å². The molecule has 0 aliphatic rings. The first-order valence-electron chi connectivity index (χ1n) is 4.66. The summed E-state index contributed by atoms with van der Waals surface area (Å²) in [5.41, 5.74) is 5.90. The van der Waals surface area contributed by atoms with Crippen LogP contribution in [0.1, 0.15) is 34.6 Å². The second kappa shape index (κ2) is 4.94. The SMILES string of the molecule is CN/C(C)=C/C=C=C(C)C(C)(C)C. The zero-order valence-electron chi connectivity index (χ0n) is 9.65. The van der Waals surface area contributed by atoms with Gasteiger partial charge in [-0.2, -0.15) is 0 Å². The van der Waals surface area contributed by atoms with E-state index >= 15 is 0 Å². The van der Waals surface area contributed by atoms with Crippen LogP contribution in [0.25, 0.3) is 0 Å². The smallest absolute Gasteiger partial charge is 0.00786 e. The Hall–Kier alpha value is -0.940. The molecular weight excluding hydrogens is 158 g/mol. The molecule has 0 aliphatic carbocycles. The maximum Gasteiger partial charge on any atom is 0.00786 e. The average molecular weight is 179 g/mol. The lowest BCUT2D eigenvalue weighted by Gasteiger charge is -2.16. The van der Waals surface area contributed by atoms with Gasteiger partial charge in [-0.1, -0.05) is 20.8 Å². The molecule has 0 rings (SSSR count). The number of hydrogen-bond acceptors (Lipinski definition) is 1. The lowest BCUT2D eigenvalue weighted by Crippen LogP contribution is -2.05. The maximum absolute atomic E-state index is 3.26. The van der Waals surface area contributed by atoms with Crippen LogP contribution in [0.2, 0.25) is 0 Å². The van der Waals surface area contributed by atoms with Crippen LogP contribution in [-0.4, -0.2) is 7.05 Å². The van der Waals surface area contributed by atoms with Crippen LogP contribution in [0.15, 0.2) is 29.2 Å². The zero-order chi connectivity index (χ0) is 10.5. The summed E-state index contributed by atoms with van der Waals surface area (Å²) >= 11 is 0. The normalized spacial score (nSPS) is 12.0. The molecule has 0 saturated heterocycles. The second-order valence-corrected chi connectivity index (χ2v) is 4.29. The highest BCUT2D eigenvalue weighted by Crippen LogP contribution is 2.22. The summed E-state index contributed by atoms with van der Waals surface area (Å²) in [5, 5.41) is 3.06. The van der Waals surface area contributed by atoms with Gasteiger partial charge in [0.25, 0.3) is 0 Å². The molecule has 0 amide bonds. The molecule has 0 aromatic carbocycles. The topological polar surface area (TPSA) is 12.0 Å². The summed E-state index contributed by atoms with van der Waals surface area (Å²) in [6, 6.07) is 0. The third-order valence-electron chi connectivity index (χ3n) is 2.15. The van der Waals surface area contributed by atoms with Crippen molar-refractivity contribution in [3.8, 4) is 0 Å². The van der Waals surface area contributed by atoms with Crippen LogP contribution in [0.3, 0.4) is 0 Å². The van der Waals surface area contributed by atoms with Crippen molar-refractivity contribution in [1.82, 2.24) is 5.32 Å². The van der Waals surface area contributed by atoms with E-state index in [1.165, 1.54) is 5.57 Å². The molecule has 0 unspecified atom stereocenters. The molecule has 0 spiro atoms. The number of rotatable bonds is 2. The first-order valence-corrected chi connectivity index (χ1v) is 4.66. The molecule has 0 radical (unpaired) electrons. The minimum atomic E-state index is 0.220. The van der Waals surface area contributed by atoms with Crippen molar-refractivity contribution >= 4 is 0 Å². The van der Waals surface area contributed by atoms with E-state index in [1.54, 1.807) is 0 Å². The zero-order valence-corrected chi connectivity index (χ0v) is 9.65. The van der Waals surface area contributed by atoms with Gasteiger partial charge in [0.15, 0.2) is 0 Å². The predicted molar refractivity (Wildman–Crippen MR) is 59.5 cm³/mol. The van der Waals surface area contributed by atoms with Gasteiger partial charge in [0.1, 0.15) is 0 Å². The van der Waals surface area contributed by atoms with E-state index in [0.717, 1.165) is 5.70 Å². The van der Waals surface area contributed by atoms with Crippen molar-refractivity contribution in [3.05, 3.63) is 29.2 Å². The first kappa shape index (κ1) is 12.1. The van der Waals surface area contributed by atoms with E-state index in [-0.39, 0.29) is 5.41 Å². The third-order valence-corrected chi connectivity index (χ3v) is 2.15. The molecule has 0 fully saturated rings. The van der Waals surface area contributed by atoms with E-state index in [1.807, 2.05) is 26.1 Å². The van der Waals surface area contributed by atoms with Gasteiger partial charge in [0.05, 0.1) is 0 Å². The van der Waals surface area contributed by atoms with Crippen molar-refractivity contribution in [2.75, 3.05) is 7.05 Å². The lowest BCUT2D eigenvalue weighted by atomic mass is 9.88. The maximum atomic E-state index is 3.26. The van der Waals surface area contributed by atoms with Gasteiger partial charge in [-0.05, 0) is 37.0 Å². The number of allylic oxidation sites excluding steroid dienone is 3. The third kappa shape index (κ3) is 5.32. The highest BCUT2D eigenvalue weighted by atomic mass is 14.8. The van der Waals surface area contributed by atoms with Crippen molar-refractivity contribution in [1.29, 1.82) is 0 Å². The molecule has 1 N–H and O–H groups in total. The molecule has 0 heterocycles. The monoisotopic (exact) mass is 179 g/mol. The van der Waals surface area contributed by atoms with Crippen molar-refractivity contribution in [3.63, 3.8) is 0 Å². The molecule has 0 atom stereocenters. The molecule has 0 aromatic heterocycles. The quantitative estimate of drug-likeness (QED) is 0.507. The van der Waals surface area contributed by atoms with Crippen molar-refractivity contribution in [2.24, 2.45) is 5.41 Å². The Morgan fingerprint density at radius 1 is 1.23 bits per heavy atom. The molecule has 0 saturated carbocycles. The van der Waals surface area contributed by atoms with Crippen molar-refractivity contribution in [2.45, 2.75) is 34.6 Å². The standard InChI is InChI=1S/C12H21N/c1-10(12(3,4)5)8-7-9-11(2)13-6/h7,9,13H,1-6H3/b11-9+. The van der Waals surface area contributed by atoms with Crippen LogP contribution >= 0.6 is 0 Å². The fourth-order valence-electron chi connectivity index (χ4n) is 0.592. The van der Waals surface area contributed by atoms with Crippen LogP contribution in [0, 0.1) is 5.41 Å². The summed E-state index contributed by atoms with van der Waals surface area (Å²) in [4.78, 5) is 0. The summed E-state index contributed by atoms with van der Waals surface area (Å²) in [7, 11) is 1.92. The van der Waals surface area contributed by atoms with Crippen LogP contribution in [-0.2, 0) is 0 Å². The number of nitrogens with one attached hydrogen (secondary N) is 1. The van der Waals surface area contributed by atoms with Crippen molar-refractivity contribution < 1.29 is 0 Å². The molecular formula is C12H21N. The van der Waals surface area contributed by atoms with Gasteiger partial charge in [-0.3, -0.25) is 0 Å². The molecule has 0 bridgehead atoms. The number of hydrogen-bond donors (Lipinski definition) is 1. The Balaban J connectivity index is 4.57. The fraction of sp³-hybridized carbons (Fsp3) is 0.583. The van der Waals surface area contributed by atoms with E-state index in [2.05, 4.69) is 38.7 Å². The van der Waals surface area contributed by atoms with Gasteiger partial charge >= 0.3 is 0 Å². The Bertz CT molecular complexity index is 245. The van der Waals surface area contributed by atoms with Gasteiger partial charge in [-0.25, -0.2) is 0 Å². The highest BCUT2D eigenvalue weighted by molar-refractivity contribution is 5.14. The summed E-state index contributed by atoms with van der Waals surface area (Å²) < 4.78 is 0. The summed E-state index contributed by atoms with van der Waals surface area (Å²) in [6.07, 6.45) is 3.99. The summed E-state index contributed by atoms with van der Waals surface area (Å²) in [6.45, 7) is 10.7. The Labute approximate surface area is 82.2 Å². The summed E-state index contributed by atoms with van der Waals surface area (Å²) in [5.74, 6) is 0. The van der Waals surface area contributed by atoms with Crippen LogP contribution in [0.5, 0.6) is 0 Å². The minimum Gasteiger partial charge on any atom is -0.392 e. The van der Waals surface area contributed by atoms with Gasteiger partial charge in [0.2, 0.25) is 0 Å². The molecule has 0 aliphatic heterocycles. The second-order valence-electron chi connectivity index (χ2n) is 4.29. The van der Waals surface area contributed by atoms with Gasteiger partial charge in [0, 0.05) is 12.7 Å². The molecule has 74 valence electrons. The molecule has 1 nitrogen and oxygen atoms in total. The predicted octanol–water partition coefficient (Wildman–Crippen LogP) is 3.26. The van der Waals surface area contributed by atoms with Gasteiger partial charge in [-0.15, -0.1) is 5.73 Å². The fourth-order valence-corrected chi connectivity index (χ4v) is 0.592. The Morgan fingerprint density at radius 3 is 2.15 bits per heavy atom. The van der Waals surface area contributed by atoms with E-state index in [4.69, 9.17) is 0 Å². The Kier molecular flexibility index (Phi) is 4.58. The van der Waals surface area contributed by atoms with Crippen LogP contribution in [0.4, 0.5) is 0 Å². The minimum absolute atomic E-state index is 0.220. The molecule has 0 aromatic rings. The molecule has 13 heavy (non-hydrogen) atoms. The lowest BCUT2D eigenvalue weighted by molar-refractivity contribution is 0.505. The van der Waals surface area contributed by atoms with E-state index in [0.29, 0.717) is 0 Å². The first-order chi connectivity index (χ1) is 5.88. The Morgan fingerprint density at radius 2 is 1.77 bits per heavy atom. The van der Waals surface area contributed by atoms with E-state index in [9.17, 15) is 0 Å². The largest absolute Gasteiger partial charge is 0.392 e. The van der Waals surface area contributed by atoms with Gasteiger partial charge < -0.3 is 5.32 Å². The van der Waals surface area contributed by atoms with E-state index < -0.39 is 0 Å². The highest BCUT2D eigenvalue weighted by Gasteiger charge is 2.10. The average Bonchev–Trinajstić information content (AvgIpc) is 2.02.